The van der Waals surface area contributed by atoms with Crippen molar-refractivity contribution in [3.05, 3.63) is 35.4 Å². The lowest BCUT2D eigenvalue weighted by molar-refractivity contribution is 0.270. The normalized spacial score (nSPS) is 17.8. The van der Waals surface area contributed by atoms with Crippen molar-refractivity contribution in [3.63, 3.8) is 0 Å². The molecule has 0 amide bonds. The minimum Gasteiger partial charge on any atom is -0.314 e. The highest BCUT2D eigenvalue weighted by Crippen LogP contribution is 2.15. The summed E-state index contributed by atoms with van der Waals surface area (Å²) in [7, 11) is 0. The fourth-order valence-electron chi connectivity index (χ4n) is 2.81. The van der Waals surface area contributed by atoms with Crippen LogP contribution in [0.25, 0.3) is 0 Å². The molecule has 106 valence electrons. The second-order valence-corrected chi connectivity index (χ2v) is 5.75. The zero-order chi connectivity index (χ0) is 13.5. The fourth-order valence-corrected chi connectivity index (χ4v) is 2.81. The minimum absolute atomic E-state index is 0.644. The molecule has 0 radical (unpaired) electrons. The van der Waals surface area contributed by atoms with Crippen molar-refractivity contribution in [2.24, 2.45) is 0 Å². The summed E-state index contributed by atoms with van der Waals surface area (Å²) < 4.78 is 0. The van der Waals surface area contributed by atoms with Crippen LogP contribution in [0.4, 0.5) is 0 Å². The molecule has 0 aliphatic carbocycles. The molecule has 1 aliphatic heterocycles. The molecule has 1 aromatic carbocycles. The van der Waals surface area contributed by atoms with E-state index in [4.69, 9.17) is 0 Å². The number of fused-ring (bicyclic) bond motifs is 1. The molecule has 0 aromatic heterocycles. The third-order valence-electron chi connectivity index (χ3n) is 4.13. The van der Waals surface area contributed by atoms with E-state index >= 15 is 0 Å². The van der Waals surface area contributed by atoms with Gasteiger partial charge in [0.25, 0.3) is 0 Å². The van der Waals surface area contributed by atoms with E-state index in [1.54, 1.807) is 11.1 Å². The number of nitrogens with one attached hydrogen (secondary N) is 1. The van der Waals surface area contributed by atoms with Gasteiger partial charge in [0.1, 0.15) is 0 Å². The second kappa shape index (κ2) is 7.66. The first-order valence-corrected chi connectivity index (χ1v) is 7.82. The Balaban J connectivity index is 1.76. The van der Waals surface area contributed by atoms with Crippen LogP contribution in [0.5, 0.6) is 0 Å². The summed E-state index contributed by atoms with van der Waals surface area (Å²) in [5, 5.41) is 3.58. The Hall–Kier alpha value is -0.860. The zero-order valence-corrected chi connectivity index (χ0v) is 12.5. The van der Waals surface area contributed by atoms with Gasteiger partial charge in [-0.3, -0.25) is 0 Å². The van der Waals surface area contributed by atoms with E-state index in [2.05, 4.69) is 48.3 Å². The maximum Gasteiger partial charge on any atom is 0.00508 e. The van der Waals surface area contributed by atoms with Crippen LogP contribution in [0.15, 0.2) is 24.3 Å². The average Bonchev–Trinajstić information content (AvgIpc) is 2.65. The molecule has 1 unspecified atom stereocenters. The zero-order valence-electron chi connectivity index (χ0n) is 12.5. The molecule has 19 heavy (non-hydrogen) atoms. The van der Waals surface area contributed by atoms with Crippen LogP contribution in [0.1, 0.15) is 37.8 Å². The van der Waals surface area contributed by atoms with Crippen molar-refractivity contribution in [2.75, 3.05) is 26.2 Å². The number of rotatable bonds is 6. The third kappa shape index (κ3) is 4.63. The standard InChI is InChI=1S/C17H28N2/c1-3-11-18-15(2)8-12-19-13-9-16-6-4-5-7-17(16)10-14-19/h4-7,15,18H,3,8-14H2,1-2H3. The molecule has 1 aromatic rings. The Kier molecular flexibility index (Phi) is 5.87. The summed E-state index contributed by atoms with van der Waals surface area (Å²) in [6.07, 6.45) is 4.92. The van der Waals surface area contributed by atoms with Crippen molar-refractivity contribution in [1.29, 1.82) is 0 Å². The van der Waals surface area contributed by atoms with Gasteiger partial charge in [0.05, 0.1) is 0 Å². The summed E-state index contributed by atoms with van der Waals surface area (Å²) >= 11 is 0. The van der Waals surface area contributed by atoms with Crippen molar-refractivity contribution < 1.29 is 0 Å². The molecule has 2 rings (SSSR count). The van der Waals surface area contributed by atoms with Crippen molar-refractivity contribution in [2.45, 2.75) is 45.6 Å². The summed E-state index contributed by atoms with van der Waals surface area (Å²) in [5.74, 6) is 0. The van der Waals surface area contributed by atoms with Gasteiger partial charge < -0.3 is 10.2 Å². The van der Waals surface area contributed by atoms with Crippen LogP contribution in [0.2, 0.25) is 0 Å². The van der Waals surface area contributed by atoms with E-state index in [9.17, 15) is 0 Å². The van der Waals surface area contributed by atoms with Crippen molar-refractivity contribution in [3.8, 4) is 0 Å². The summed E-state index contributed by atoms with van der Waals surface area (Å²) in [5.41, 5.74) is 3.12. The summed E-state index contributed by atoms with van der Waals surface area (Å²) in [6, 6.07) is 9.58. The number of benzene rings is 1. The second-order valence-electron chi connectivity index (χ2n) is 5.75. The molecule has 0 fully saturated rings. The average molecular weight is 260 g/mol. The van der Waals surface area contributed by atoms with E-state index in [0.29, 0.717) is 6.04 Å². The van der Waals surface area contributed by atoms with Crippen molar-refractivity contribution >= 4 is 0 Å². The fraction of sp³-hybridized carbons (Fsp3) is 0.647. The van der Waals surface area contributed by atoms with Gasteiger partial charge in [-0.2, -0.15) is 0 Å². The molecule has 0 spiro atoms. The van der Waals surface area contributed by atoms with E-state index in [1.165, 1.54) is 45.3 Å². The van der Waals surface area contributed by atoms with Gasteiger partial charge in [0, 0.05) is 19.1 Å². The summed E-state index contributed by atoms with van der Waals surface area (Å²) in [6.45, 7) is 9.35. The monoisotopic (exact) mass is 260 g/mol. The Morgan fingerprint density at radius 2 is 1.79 bits per heavy atom. The van der Waals surface area contributed by atoms with Gasteiger partial charge in [-0.1, -0.05) is 31.2 Å². The van der Waals surface area contributed by atoms with E-state index in [-0.39, 0.29) is 0 Å². The first-order valence-electron chi connectivity index (χ1n) is 7.82. The Bertz CT molecular complexity index is 348. The topological polar surface area (TPSA) is 15.3 Å². The number of hydrogen-bond acceptors (Lipinski definition) is 2. The molecule has 1 aliphatic rings. The molecule has 2 nitrogen and oxygen atoms in total. The largest absolute Gasteiger partial charge is 0.314 e. The maximum atomic E-state index is 3.58. The lowest BCUT2D eigenvalue weighted by atomic mass is 10.0. The molecule has 1 N–H and O–H groups in total. The molecule has 0 saturated heterocycles. The first kappa shape index (κ1) is 14.5. The van der Waals surface area contributed by atoms with Crippen LogP contribution in [0.3, 0.4) is 0 Å². The lowest BCUT2D eigenvalue weighted by Crippen LogP contribution is -2.34. The number of nitrogens with zero attached hydrogens (tertiary/aromatic N) is 1. The maximum absolute atomic E-state index is 3.58. The molecule has 2 heteroatoms. The van der Waals surface area contributed by atoms with Gasteiger partial charge >= 0.3 is 0 Å². The molecular formula is C17H28N2. The third-order valence-corrected chi connectivity index (χ3v) is 4.13. The molecular weight excluding hydrogens is 232 g/mol. The first-order chi connectivity index (χ1) is 9.29. The van der Waals surface area contributed by atoms with Crippen LogP contribution < -0.4 is 5.32 Å². The SMILES string of the molecule is CCCNC(C)CCN1CCc2ccccc2CC1. The van der Waals surface area contributed by atoms with Gasteiger partial charge in [0.2, 0.25) is 0 Å². The summed E-state index contributed by atoms with van der Waals surface area (Å²) in [4.78, 5) is 2.63. The Morgan fingerprint density at radius 3 is 2.37 bits per heavy atom. The predicted molar refractivity (Wildman–Crippen MR) is 82.7 cm³/mol. The van der Waals surface area contributed by atoms with Crippen LogP contribution in [-0.2, 0) is 12.8 Å². The van der Waals surface area contributed by atoms with E-state index in [0.717, 1.165) is 6.54 Å². The Morgan fingerprint density at radius 1 is 1.16 bits per heavy atom. The molecule has 0 saturated carbocycles. The minimum atomic E-state index is 0.644. The van der Waals surface area contributed by atoms with E-state index < -0.39 is 0 Å². The van der Waals surface area contributed by atoms with Gasteiger partial charge in [-0.05, 0) is 56.8 Å². The number of hydrogen-bond donors (Lipinski definition) is 1. The van der Waals surface area contributed by atoms with Crippen LogP contribution >= 0.6 is 0 Å². The van der Waals surface area contributed by atoms with E-state index in [1.807, 2.05) is 0 Å². The van der Waals surface area contributed by atoms with Gasteiger partial charge in [-0.25, -0.2) is 0 Å². The lowest BCUT2D eigenvalue weighted by Gasteiger charge is -2.22. The quantitative estimate of drug-likeness (QED) is 0.846. The van der Waals surface area contributed by atoms with Crippen LogP contribution in [0, 0.1) is 0 Å². The highest BCUT2D eigenvalue weighted by Gasteiger charge is 2.13. The van der Waals surface area contributed by atoms with Crippen molar-refractivity contribution in [1.82, 2.24) is 10.2 Å². The molecule has 0 bridgehead atoms. The molecule has 1 atom stereocenters. The highest BCUT2D eigenvalue weighted by molar-refractivity contribution is 5.28. The molecule has 1 heterocycles. The Labute approximate surface area is 118 Å². The van der Waals surface area contributed by atoms with Gasteiger partial charge in [-0.15, -0.1) is 0 Å². The smallest absolute Gasteiger partial charge is 0.00508 e. The predicted octanol–water partition coefficient (Wildman–Crippen LogP) is 2.87. The highest BCUT2D eigenvalue weighted by atomic mass is 15.1. The van der Waals surface area contributed by atoms with Gasteiger partial charge in [0.15, 0.2) is 0 Å². The van der Waals surface area contributed by atoms with Crippen LogP contribution in [-0.4, -0.2) is 37.1 Å².